The minimum absolute atomic E-state index is 0.0280. The molecule has 1 aliphatic heterocycles. The molecule has 1 N–H and O–H groups in total. The van der Waals surface area contributed by atoms with Gasteiger partial charge in [-0.2, -0.15) is 0 Å². The Balaban J connectivity index is 1.36. The normalized spacial score (nSPS) is 14.6. The van der Waals surface area contributed by atoms with E-state index in [9.17, 15) is 9.18 Å². The van der Waals surface area contributed by atoms with Gasteiger partial charge in [-0.3, -0.25) is 14.7 Å². The number of anilines is 2. The molecule has 0 atom stereocenters. The van der Waals surface area contributed by atoms with E-state index in [-0.39, 0.29) is 11.7 Å². The topological polar surface area (TPSA) is 48.5 Å². The Kier molecular flexibility index (Phi) is 5.81. The number of nitrogens with zero attached hydrogens (tertiary/aromatic N) is 3. The zero-order chi connectivity index (χ0) is 20.1. The molecule has 148 valence electrons. The number of benzene rings is 2. The highest BCUT2D eigenvalue weighted by molar-refractivity contribution is 5.95. The van der Waals surface area contributed by atoms with E-state index in [1.807, 2.05) is 23.1 Å². The van der Waals surface area contributed by atoms with Crippen molar-refractivity contribution in [3.05, 3.63) is 90.0 Å². The predicted octanol–water partition coefficient (Wildman–Crippen LogP) is 3.92. The Bertz CT molecular complexity index is 971. The smallest absolute Gasteiger partial charge is 0.255 e. The van der Waals surface area contributed by atoms with Crippen molar-refractivity contribution in [2.45, 2.75) is 6.54 Å². The maximum atomic E-state index is 13.4. The lowest BCUT2D eigenvalue weighted by atomic mass is 10.1. The molecule has 0 aliphatic carbocycles. The highest BCUT2D eigenvalue weighted by Crippen LogP contribution is 2.19. The molecule has 4 rings (SSSR count). The summed E-state index contributed by atoms with van der Waals surface area (Å²) in [6, 6.07) is 18.3. The van der Waals surface area contributed by atoms with Crippen molar-refractivity contribution < 1.29 is 9.18 Å². The van der Waals surface area contributed by atoms with E-state index < -0.39 is 0 Å². The van der Waals surface area contributed by atoms with Crippen LogP contribution in [0.1, 0.15) is 15.9 Å². The van der Waals surface area contributed by atoms with E-state index in [2.05, 4.69) is 27.3 Å². The second-order valence-corrected chi connectivity index (χ2v) is 7.15. The van der Waals surface area contributed by atoms with Gasteiger partial charge in [0.25, 0.3) is 5.91 Å². The molecule has 0 spiro atoms. The van der Waals surface area contributed by atoms with Gasteiger partial charge in [-0.15, -0.1) is 0 Å². The molecule has 1 saturated heterocycles. The summed E-state index contributed by atoms with van der Waals surface area (Å²) in [6.45, 7) is 3.96. The maximum Gasteiger partial charge on any atom is 0.255 e. The van der Waals surface area contributed by atoms with Gasteiger partial charge in [0.1, 0.15) is 5.82 Å². The second-order valence-electron chi connectivity index (χ2n) is 7.15. The number of aromatic nitrogens is 1. The van der Waals surface area contributed by atoms with Crippen LogP contribution in [-0.4, -0.2) is 46.9 Å². The molecule has 1 fully saturated rings. The zero-order valence-electron chi connectivity index (χ0n) is 16.1. The average molecular weight is 390 g/mol. The summed E-state index contributed by atoms with van der Waals surface area (Å²) in [5.41, 5.74) is 3.09. The first kappa shape index (κ1) is 19.1. The quantitative estimate of drug-likeness (QED) is 0.717. The average Bonchev–Trinajstić information content (AvgIpc) is 2.75. The van der Waals surface area contributed by atoms with Crippen LogP contribution < -0.4 is 5.32 Å². The number of rotatable bonds is 5. The maximum absolute atomic E-state index is 13.4. The van der Waals surface area contributed by atoms with Crippen molar-refractivity contribution in [3.8, 4) is 0 Å². The first-order valence-corrected chi connectivity index (χ1v) is 9.70. The van der Waals surface area contributed by atoms with Crippen LogP contribution in [0.4, 0.5) is 15.8 Å². The summed E-state index contributed by atoms with van der Waals surface area (Å²) in [7, 11) is 0. The number of halogens is 1. The van der Waals surface area contributed by atoms with Crippen LogP contribution in [0, 0.1) is 5.82 Å². The first-order valence-electron chi connectivity index (χ1n) is 9.70. The van der Waals surface area contributed by atoms with Crippen LogP contribution in [0.3, 0.4) is 0 Å². The summed E-state index contributed by atoms with van der Waals surface area (Å²) in [6.07, 6.45) is 3.20. The lowest BCUT2D eigenvalue weighted by Gasteiger charge is -2.34. The van der Waals surface area contributed by atoms with Crippen molar-refractivity contribution in [3.63, 3.8) is 0 Å². The fourth-order valence-electron chi connectivity index (χ4n) is 3.49. The molecule has 0 bridgehead atoms. The monoisotopic (exact) mass is 390 g/mol. The van der Waals surface area contributed by atoms with Crippen molar-refractivity contribution in [2.24, 2.45) is 0 Å². The van der Waals surface area contributed by atoms with Crippen LogP contribution >= 0.6 is 0 Å². The van der Waals surface area contributed by atoms with E-state index in [1.165, 1.54) is 17.7 Å². The molecule has 1 amide bonds. The third-order valence-electron chi connectivity index (χ3n) is 5.01. The molecule has 0 saturated carbocycles. The van der Waals surface area contributed by atoms with Gasteiger partial charge >= 0.3 is 0 Å². The molecule has 2 heterocycles. The lowest BCUT2D eigenvalue weighted by Crippen LogP contribution is -2.48. The summed E-state index contributed by atoms with van der Waals surface area (Å²) >= 11 is 0. The summed E-state index contributed by atoms with van der Waals surface area (Å²) in [4.78, 5) is 21.3. The zero-order valence-corrected chi connectivity index (χ0v) is 16.1. The highest BCUT2D eigenvalue weighted by Gasteiger charge is 2.22. The number of hydrogen-bond donors (Lipinski definition) is 1. The molecule has 5 nitrogen and oxygen atoms in total. The Morgan fingerprint density at radius 3 is 2.48 bits per heavy atom. The molecule has 3 aromatic rings. The fraction of sp³-hybridized carbons (Fsp3) is 0.217. The molecular weight excluding hydrogens is 367 g/mol. The Hall–Kier alpha value is -3.25. The summed E-state index contributed by atoms with van der Waals surface area (Å²) in [5, 5.41) is 3.10. The van der Waals surface area contributed by atoms with Gasteiger partial charge in [-0.1, -0.05) is 36.4 Å². The first-order chi connectivity index (χ1) is 14.2. The number of nitrogens with one attached hydrogen (secondary N) is 1. The molecule has 1 aliphatic rings. The highest BCUT2D eigenvalue weighted by atomic mass is 19.1. The van der Waals surface area contributed by atoms with E-state index >= 15 is 0 Å². The van der Waals surface area contributed by atoms with Gasteiger partial charge < -0.3 is 10.2 Å². The van der Waals surface area contributed by atoms with Crippen molar-refractivity contribution in [2.75, 3.05) is 31.5 Å². The molecule has 29 heavy (non-hydrogen) atoms. The van der Waals surface area contributed by atoms with Crippen LogP contribution in [0.2, 0.25) is 0 Å². The number of amides is 1. The van der Waals surface area contributed by atoms with Crippen LogP contribution in [0.25, 0.3) is 0 Å². The van der Waals surface area contributed by atoms with Gasteiger partial charge in [0.2, 0.25) is 0 Å². The number of hydrogen-bond acceptors (Lipinski definition) is 4. The minimum Gasteiger partial charge on any atom is -0.354 e. The summed E-state index contributed by atoms with van der Waals surface area (Å²) < 4.78 is 13.4. The molecule has 0 unspecified atom stereocenters. The van der Waals surface area contributed by atoms with E-state index in [0.29, 0.717) is 30.0 Å². The van der Waals surface area contributed by atoms with Gasteiger partial charge in [-0.25, -0.2) is 4.39 Å². The van der Waals surface area contributed by atoms with Gasteiger partial charge in [0, 0.05) is 44.6 Å². The standard InChI is InChI=1S/C23H23FN4O/c24-20-7-4-8-21(14-20)26-22-13-19(15-25-16-22)23(29)28-11-9-27(10-12-28)17-18-5-2-1-3-6-18/h1-8,13-16,26H,9-12,17H2. The van der Waals surface area contributed by atoms with Gasteiger partial charge in [-0.05, 0) is 29.8 Å². The van der Waals surface area contributed by atoms with E-state index in [1.54, 1.807) is 30.6 Å². The van der Waals surface area contributed by atoms with E-state index in [0.717, 1.165) is 19.6 Å². The summed E-state index contributed by atoms with van der Waals surface area (Å²) in [5.74, 6) is -0.344. The van der Waals surface area contributed by atoms with E-state index in [4.69, 9.17) is 0 Å². The van der Waals surface area contributed by atoms with Crippen LogP contribution in [-0.2, 0) is 6.54 Å². The van der Waals surface area contributed by atoms with Gasteiger partial charge in [0.15, 0.2) is 0 Å². The van der Waals surface area contributed by atoms with Gasteiger partial charge in [0.05, 0.1) is 17.4 Å². The third-order valence-corrected chi connectivity index (χ3v) is 5.01. The van der Waals surface area contributed by atoms with Crippen LogP contribution in [0.5, 0.6) is 0 Å². The second kappa shape index (κ2) is 8.84. The minimum atomic E-state index is -0.316. The molecule has 0 radical (unpaired) electrons. The molecular formula is C23H23FN4O. The Morgan fingerprint density at radius 2 is 1.72 bits per heavy atom. The Labute approximate surface area is 169 Å². The van der Waals surface area contributed by atoms with Crippen molar-refractivity contribution >= 4 is 17.3 Å². The molecule has 1 aromatic heterocycles. The van der Waals surface area contributed by atoms with Crippen LogP contribution in [0.15, 0.2) is 73.1 Å². The number of pyridine rings is 1. The fourth-order valence-corrected chi connectivity index (χ4v) is 3.49. The largest absolute Gasteiger partial charge is 0.354 e. The lowest BCUT2D eigenvalue weighted by molar-refractivity contribution is 0.0628. The Morgan fingerprint density at radius 1 is 0.931 bits per heavy atom. The number of piperazine rings is 1. The SMILES string of the molecule is O=C(c1cncc(Nc2cccc(F)c2)c1)N1CCN(Cc2ccccc2)CC1. The predicted molar refractivity (Wildman–Crippen MR) is 112 cm³/mol. The van der Waals surface area contributed by atoms with Crippen molar-refractivity contribution in [1.82, 2.24) is 14.8 Å². The van der Waals surface area contributed by atoms with Crippen molar-refractivity contribution in [1.29, 1.82) is 0 Å². The number of carbonyl (C=O) groups is 1. The molecule has 2 aromatic carbocycles. The third kappa shape index (κ3) is 4.97. The molecule has 6 heteroatoms. The number of carbonyl (C=O) groups excluding carboxylic acids is 1.